The van der Waals surface area contributed by atoms with Gasteiger partial charge in [0, 0.05) is 18.2 Å². The smallest absolute Gasteiger partial charge is 0.416 e. The van der Waals surface area contributed by atoms with Gasteiger partial charge in [-0.25, -0.2) is 0 Å². The zero-order valence-corrected chi connectivity index (χ0v) is 14.3. The summed E-state index contributed by atoms with van der Waals surface area (Å²) in [5, 5.41) is 9.21. The van der Waals surface area contributed by atoms with Crippen molar-refractivity contribution in [3.05, 3.63) is 47.7 Å². The first-order valence-electron chi connectivity index (χ1n) is 8.47. The van der Waals surface area contributed by atoms with E-state index in [-0.39, 0.29) is 6.04 Å². The van der Waals surface area contributed by atoms with Crippen molar-refractivity contribution < 1.29 is 27.5 Å². The van der Waals surface area contributed by atoms with Gasteiger partial charge < -0.3 is 9.52 Å². The van der Waals surface area contributed by atoms with Gasteiger partial charge in [-0.3, -0.25) is 9.69 Å². The van der Waals surface area contributed by atoms with Gasteiger partial charge in [0.05, 0.1) is 18.0 Å². The highest BCUT2D eigenvalue weighted by Gasteiger charge is 2.31. The predicted octanol–water partition coefficient (Wildman–Crippen LogP) is 4.65. The molecule has 1 aromatic carbocycles. The van der Waals surface area contributed by atoms with Gasteiger partial charge in [-0.15, -0.1) is 0 Å². The van der Waals surface area contributed by atoms with Crippen LogP contribution in [0.2, 0.25) is 0 Å². The number of hydrogen-bond donors (Lipinski definition) is 1. The number of piperidine rings is 1. The number of halogens is 3. The molecular formula is C19H20F3NO3. The number of likely N-dealkylation sites (tertiary alicyclic amines) is 1. The summed E-state index contributed by atoms with van der Waals surface area (Å²) in [6, 6.07) is 8.61. The largest absolute Gasteiger partial charge is 0.481 e. The van der Waals surface area contributed by atoms with E-state index in [0.717, 1.165) is 18.6 Å². The van der Waals surface area contributed by atoms with Crippen molar-refractivity contribution >= 4 is 5.97 Å². The Hall–Kier alpha value is -2.28. The molecular weight excluding hydrogens is 347 g/mol. The number of alkyl halides is 3. The fraction of sp³-hybridized carbons (Fsp3) is 0.421. The minimum absolute atomic E-state index is 0.229. The number of benzene rings is 1. The fourth-order valence-corrected chi connectivity index (χ4v) is 3.27. The van der Waals surface area contributed by atoms with Gasteiger partial charge in [-0.1, -0.05) is 12.1 Å². The molecule has 4 nitrogen and oxygen atoms in total. The van der Waals surface area contributed by atoms with Crippen molar-refractivity contribution in [3.8, 4) is 11.3 Å². The number of carbonyl (C=O) groups is 1. The van der Waals surface area contributed by atoms with Crippen LogP contribution in [0.15, 0.2) is 40.8 Å². The first-order chi connectivity index (χ1) is 12.2. The average molecular weight is 367 g/mol. The number of aliphatic carboxylic acids is 1. The van der Waals surface area contributed by atoms with E-state index < -0.39 is 23.6 Å². The quantitative estimate of drug-likeness (QED) is 0.855. The average Bonchev–Trinajstić information content (AvgIpc) is 3.04. The van der Waals surface area contributed by atoms with E-state index >= 15 is 0 Å². The summed E-state index contributed by atoms with van der Waals surface area (Å²) in [6.07, 6.45) is -2.96. The molecule has 1 aliphatic heterocycles. The van der Waals surface area contributed by atoms with E-state index in [2.05, 4.69) is 0 Å². The highest BCUT2D eigenvalue weighted by atomic mass is 19.4. The van der Waals surface area contributed by atoms with E-state index in [9.17, 15) is 23.1 Å². The van der Waals surface area contributed by atoms with Crippen molar-refractivity contribution in [1.82, 2.24) is 4.90 Å². The monoisotopic (exact) mass is 367 g/mol. The summed E-state index contributed by atoms with van der Waals surface area (Å²) in [6.45, 7) is 2.91. The van der Waals surface area contributed by atoms with E-state index in [4.69, 9.17) is 4.42 Å². The lowest BCUT2D eigenvalue weighted by Crippen LogP contribution is -2.43. The number of furan rings is 1. The summed E-state index contributed by atoms with van der Waals surface area (Å²) in [5.74, 6) is -0.226. The van der Waals surface area contributed by atoms with E-state index in [1.54, 1.807) is 18.2 Å². The molecule has 2 unspecified atom stereocenters. The van der Waals surface area contributed by atoms with Gasteiger partial charge >= 0.3 is 12.1 Å². The number of hydrogen-bond acceptors (Lipinski definition) is 3. The van der Waals surface area contributed by atoms with E-state index in [1.807, 2.05) is 11.8 Å². The van der Waals surface area contributed by atoms with Crippen molar-refractivity contribution in [2.75, 3.05) is 6.54 Å². The molecule has 0 aliphatic carbocycles. The lowest BCUT2D eigenvalue weighted by atomic mass is 9.93. The van der Waals surface area contributed by atoms with Crippen molar-refractivity contribution in [3.63, 3.8) is 0 Å². The molecule has 0 spiro atoms. The third-order valence-electron chi connectivity index (χ3n) is 4.86. The Balaban J connectivity index is 1.75. The molecule has 1 saturated heterocycles. The molecule has 2 heterocycles. The summed E-state index contributed by atoms with van der Waals surface area (Å²) in [5.41, 5.74) is -0.358. The molecule has 0 amide bonds. The molecule has 3 rings (SSSR count). The van der Waals surface area contributed by atoms with Crippen LogP contribution >= 0.6 is 0 Å². The Bertz CT molecular complexity index is 784. The molecule has 0 saturated carbocycles. The lowest BCUT2D eigenvalue weighted by molar-refractivity contribution is -0.144. The highest BCUT2D eigenvalue weighted by molar-refractivity contribution is 5.70. The topological polar surface area (TPSA) is 53.7 Å². The molecule has 140 valence electrons. The minimum Gasteiger partial charge on any atom is -0.481 e. The highest BCUT2D eigenvalue weighted by Crippen LogP contribution is 2.33. The molecule has 1 N–H and O–H groups in total. The molecule has 0 radical (unpaired) electrons. The van der Waals surface area contributed by atoms with Crippen LogP contribution in [0.25, 0.3) is 11.3 Å². The number of rotatable bonds is 4. The SMILES string of the molecule is CC1CCC(C(=O)O)CN1Cc1ccc(-c2cccc(C(F)(F)F)c2)o1. The summed E-state index contributed by atoms with van der Waals surface area (Å²) in [7, 11) is 0. The summed E-state index contributed by atoms with van der Waals surface area (Å²) >= 11 is 0. The Kier molecular flexibility index (Phi) is 5.09. The third kappa shape index (κ3) is 4.09. The second-order valence-corrected chi connectivity index (χ2v) is 6.74. The van der Waals surface area contributed by atoms with E-state index in [0.29, 0.717) is 36.6 Å². The van der Waals surface area contributed by atoms with Crippen LogP contribution < -0.4 is 0 Å². The molecule has 1 aromatic heterocycles. The fourth-order valence-electron chi connectivity index (χ4n) is 3.27. The van der Waals surface area contributed by atoms with Crippen LogP contribution in [0, 0.1) is 5.92 Å². The first-order valence-corrected chi connectivity index (χ1v) is 8.47. The Labute approximate surface area is 149 Å². The van der Waals surface area contributed by atoms with Crippen LogP contribution in [0.1, 0.15) is 31.1 Å². The second-order valence-electron chi connectivity index (χ2n) is 6.74. The second kappa shape index (κ2) is 7.15. The number of carboxylic acids is 1. The Morgan fingerprint density at radius 1 is 1.27 bits per heavy atom. The van der Waals surface area contributed by atoms with Gasteiger partial charge in [0.25, 0.3) is 0 Å². The third-order valence-corrected chi connectivity index (χ3v) is 4.86. The molecule has 1 fully saturated rings. The maximum Gasteiger partial charge on any atom is 0.416 e. The van der Waals surface area contributed by atoms with Gasteiger partial charge in [0.1, 0.15) is 11.5 Å². The molecule has 2 aromatic rings. The van der Waals surface area contributed by atoms with Crippen LogP contribution in [0.5, 0.6) is 0 Å². The minimum atomic E-state index is -4.40. The molecule has 26 heavy (non-hydrogen) atoms. The molecule has 7 heteroatoms. The zero-order valence-electron chi connectivity index (χ0n) is 14.3. The Morgan fingerprint density at radius 3 is 2.73 bits per heavy atom. The normalized spacial score (nSPS) is 21.7. The first kappa shape index (κ1) is 18.5. The maximum absolute atomic E-state index is 12.9. The van der Waals surface area contributed by atoms with Crippen molar-refractivity contribution in [2.45, 2.75) is 38.5 Å². The standard InChI is InChI=1S/C19H20F3NO3/c1-12-5-6-14(18(24)25)10-23(12)11-16-7-8-17(26-16)13-3-2-4-15(9-13)19(20,21)22/h2-4,7-9,12,14H,5-6,10-11H2,1H3,(H,24,25). The summed E-state index contributed by atoms with van der Waals surface area (Å²) in [4.78, 5) is 13.3. The predicted molar refractivity (Wildman–Crippen MR) is 89.4 cm³/mol. The van der Waals surface area contributed by atoms with Gasteiger partial charge in [-0.05, 0) is 44.0 Å². The molecule has 2 atom stereocenters. The summed E-state index contributed by atoms with van der Waals surface area (Å²) < 4.78 is 44.3. The van der Waals surface area contributed by atoms with Gasteiger partial charge in [0.2, 0.25) is 0 Å². The Morgan fingerprint density at radius 2 is 2.04 bits per heavy atom. The number of nitrogens with zero attached hydrogens (tertiary/aromatic N) is 1. The number of carboxylic acid groups (broad SMARTS) is 1. The van der Waals surface area contributed by atoms with Crippen molar-refractivity contribution in [2.24, 2.45) is 5.92 Å². The lowest BCUT2D eigenvalue weighted by Gasteiger charge is -2.35. The van der Waals surface area contributed by atoms with Gasteiger partial charge in [-0.2, -0.15) is 13.2 Å². The van der Waals surface area contributed by atoms with Crippen LogP contribution in [-0.2, 0) is 17.5 Å². The van der Waals surface area contributed by atoms with Crippen LogP contribution in [0.4, 0.5) is 13.2 Å². The maximum atomic E-state index is 12.9. The van der Waals surface area contributed by atoms with E-state index in [1.165, 1.54) is 6.07 Å². The molecule has 1 aliphatic rings. The van der Waals surface area contributed by atoms with Crippen molar-refractivity contribution in [1.29, 1.82) is 0 Å². The molecule has 0 bridgehead atoms. The zero-order chi connectivity index (χ0) is 18.9. The van der Waals surface area contributed by atoms with Crippen LogP contribution in [0.3, 0.4) is 0 Å². The van der Waals surface area contributed by atoms with Crippen LogP contribution in [-0.4, -0.2) is 28.6 Å². The van der Waals surface area contributed by atoms with Gasteiger partial charge in [0.15, 0.2) is 0 Å².